The molecule has 24 heavy (non-hydrogen) atoms. The lowest BCUT2D eigenvalue weighted by molar-refractivity contribution is 0.0949. The lowest BCUT2D eigenvalue weighted by Crippen LogP contribution is -2.26. The van der Waals surface area contributed by atoms with Crippen molar-refractivity contribution in [3.63, 3.8) is 0 Å². The molecule has 0 unspecified atom stereocenters. The van der Waals surface area contributed by atoms with Crippen LogP contribution < -0.4 is 10.1 Å². The van der Waals surface area contributed by atoms with Gasteiger partial charge < -0.3 is 14.6 Å². The van der Waals surface area contributed by atoms with Gasteiger partial charge >= 0.3 is 0 Å². The van der Waals surface area contributed by atoms with Crippen LogP contribution >= 0.6 is 11.3 Å². The Kier molecular flexibility index (Phi) is 4.85. The van der Waals surface area contributed by atoms with Gasteiger partial charge in [-0.15, -0.1) is 21.5 Å². The molecule has 0 aliphatic rings. The van der Waals surface area contributed by atoms with E-state index in [0.29, 0.717) is 18.7 Å². The van der Waals surface area contributed by atoms with Gasteiger partial charge in [0, 0.05) is 31.0 Å². The molecule has 2 aromatic heterocycles. The second kappa shape index (κ2) is 7.22. The number of methoxy groups -OCH3 is 1. The normalized spacial score (nSPS) is 10.6. The monoisotopic (exact) mass is 343 g/mol. The van der Waals surface area contributed by atoms with Gasteiger partial charge in [-0.3, -0.25) is 4.79 Å². The first kappa shape index (κ1) is 16.1. The number of ether oxygens (including phenoxy) is 1. The van der Waals surface area contributed by atoms with Gasteiger partial charge in [0.2, 0.25) is 0 Å². The number of nitrogens with zero attached hydrogens (tertiary/aromatic N) is 4. The van der Waals surface area contributed by atoms with E-state index in [0.717, 1.165) is 22.1 Å². The molecule has 0 saturated carbocycles. The van der Waals surface area contributed by atoms with Gasteiger partial charge in [-0.05, 0) is 24.3 Å². The molecule has 1 aromatic carbocycles. The molecule has 0 spiro atoms. The third kappa shape index (κ3) is 3.60. The predicted molar refractivity (Wildman–Crippen MR) is 91.1 cm³/mol. The number of carbonyl (C=O) groups is 1. The number of benzene rings is 1. The maximum atomic E-state index is 12.2. The largest absolute Gasteiger partial charge is 0.497 e. The van der Waals surface area contributed by atoms with Crippen molar-refractivity contribution in [2.24, 2.45) is 7.05 Å². The second-order valence-corrected chi connectivity index (χ2v) is 5.99. The van der Waals surface area contributed by atoms with E-state index < -0.39 is 0 Å². The molecule has 0 aliphatic heterocycles. The molecular formula is C16H17N5O2S. The van der Waals surface area contributed by atoms with Crippen LogP contribution in [0.5, 0.6) is 5.75 Å². The summed E-state index contributed by atoms with van der Waals surface area (Å²) in [5.41, 5.74) is 1.38. The van der Waals surface area contributed by atoms with Crippen molar-refractivity contribution in [1.82, 2.24) is 25.1 Å². The van der Waals surface area contributed by atoms with Crippen LogP contribution in [-0.4, -0.2) is 39.3 Å². The average Bonchev–Trinajstić information content (AvgIpc) is 3.25. The summed E-state index contributed by atoms with van der Waals surface area (Å²) in [5.74, 6) is 1.43. The zero-order valence-corrected chi connectivity index (χ0v) is 14.2. The fraction of sp³-hybridized carbons (Fsp3) is 0.250. The number of nitrogens with one attached hydrogen (secondary N) is 1. The van der Waals surface area contributed by atoms with Crippen LogP contribution in [0, 0.1) is 0 Å². The molecule has 2 heterocycles. The summed E-state index contributed by atoms with van der Waals surface area (Å²) in [5, 5.41) is 13.2. The molecule has 0 radical (unpaired) electrons. The molecule has 0 atom stereocenters. The highest BCUT2D eigenvalue weighted by Crippen LogP contribution is 2.25. The highest BCUT2D eigenvalue weighted by atomic mass is 32.1. The van der Waals surface area contributed by atoms with Crippen molar-refractivity contribution in [1.29, 1.82) is 0 Å². The third-order valence-corrected chi connectivity index (χ3v) is 4.40. The Morgan fingerprint density at radius 2 is 2.12 bits per heavy atom. The molecule has 0 aliphatic carbocycles. The van der Waals surface area contributed by atoms with Gasteiger partial charge in [-0.2, -0.15) is 0 Å². The first-order chi connectivity index (χ1) is 11.7. The summed E-state index contributed by atoms with van der Waals surface area (Å²) in [6.07, 6.45) is 2.26. The zero-order valence-electron chi connectivity index (χ0n) is 13.4. The molecule has 0 bridgehead atoms. The molecule has 7 nitrogen and oxygen atoms in total. The number of aryl methyl sites for hydroxylation is 1. The number of aromatic nitrogens is 4. The van der Waals surface area contributed by atoms with E-state index in [9.17, 15) is 4.79 Å². The average molecular weight is 343 g/mol. The summed E-state index contributed by atoms with van der Waals surface area (Å²) in [6.45, 7) is 0.487. The minimum absolute atomic E-state index is 0.187. The summed E-state index contributed by atoms with van der Waals surface area (Å²) >= 11 is 1.44. The zero-order chi connectivity index (χ0) is 16.9. The van der Waals surface area contributed by atoms with Crippen molar-refractivity contribution in [3.8, 4) is 16.3 Å². The lowest BCUT2D eigenvalue weighted by Gasteiger charge is -2.03. The van der Waals surface area contributed by atoms with Crippen molar-refractivity contribution >= 4 is 17.2 Å². The SMILES string of the molecule is COc1ccc(-c2nc(C(=O)NCCc3nncn3C)cs2)cc1. The van der Waals surface area contributed by atoms with E-state index in [1.807, 2.05) is 35.9 Å². The lowest BCUT2D eigenvalue weighted by atomic mass is 10.2. The molecular weight excluding hydrogens is 326 g/mol. The standard InChI is InChI=1S/C16H17N5O2S/c1-21-10-18-20-14(21)7-8-17-15(22)13-9-24-16(19-13)11-3-5-12(23-2)6-4-11/h3-6,9-10H,7-8H2,1-2H3,(H,17,22). The predicted octanol–water partition coefficient (Wildman–Crippen LogP) is 1.92. The van der Waals surface area contributed by atoms with Crippen molar-refractivity contribution in [3.05, 3.63) is 47.5 Å². The number of carbonyl (C=O) groups excluding carboxylic acids is 1. The van der Waals surface area contributed by atoms with E-state index in [-0.39, 0.29) is 5.91 Å². The molecule has 3 rings (SSSR count). The molecule has 3 aromatic rings. The van der Waals surface area contributed by atoms with Crippen LogP contribution in [0.15, 0.2) is 36.0 Å². The van der Waals surface area contributed by atoms with Gasteiger partial charge in [0.05, 0.1) is 7.11 Å². The van der Waals surface area contributed by atoms with Crippen molar-refractivity contribution in [2.75, 3.05) is 13.7 Å². The Bertz CT molecular complexity index is 825. The fourth-order valence-corrected chi connectivity index (χ4v) is 2.96. The minimum Gasteiger partial charge on any atom is -0.497 e. The summed E-state index contributed by atoms with van der Waals surface area (Å²) in [7, 11) is 3.50. The maximum absolute atomic E-state index is 12.2. The van der Waals surface area contributed by atoms with Crippen LogP contribution in [0.3, 0.4) is 0 Å². The van der Waals surface area contributed by atoms with E-state index in [1.165, 1.54) is 11.3 Å². The van der Waals surface area contributed by atoms with Crippen LogP contribution in [0.25, 0.3) is 10.6 Å². The number of hydrogen-bond acceptors (Lipinski definition) is 6. The first-order valence-electron chi connectivity index (χ1n) is 7.38. The van der Waals surface area contributed by atoms with Gasteiger partial charge in [-0.25, -0.2) is 4.98 Å². The minimum atomic E-state index is -0.187. The van der Waals surface area contributed by atoms with Crippen LogP contribution in [0.1, 0.15) is 16.3 Å². The van der Waals surface area contributed by atoms with E-state index in [4.69, 9.17) is 4.74 Å². The van der Waals surface area contributed by atoms with Gasteiger partial charge in [-0.1, -0.05) is 0 Å². The quantitative estimate of drug-likeness (QED) is 0.739. The van der Waals surface area contributed by atoms with Gasteiger partial charge in [0.15, 0.2) is 0 Å². The highest BCUT2D eigenvalue weighted by molar-refractivity contribution is 7.13. The van der Waals surface area contributed by atoms with Gasteiger partial charge in [0.1, 0.15) is 28.6 Å². The first-order valence-corrected chi connectivity index (χ1v) is 8.26. The Balaban J connectivity index is 1.59. The Morgan fingerprint density at radius 1 is 1.33 bits per heavy atom. The summed E-state index contributed by atoms with van der Waals surface area (Å²) in [6, 6.07) is 7.59. The number of amides is 1. The molecule has 1 N–H and O–H groups in total. The molecule has 1 amide bonds. The van der Waals surface area contributed by atoms with Crippen LogP contribution in [0.4, 0.5) is 0 Å². The maximum Gasteiger partial charge on any atom is 0.270 e. The van der Waals surface area contributed by atoms with Crippen LogP contribution in [0.2, 0.25) is 0 Å². The van der Waals surface area contributed by atoms with E-state index in [2.05, 4.69) is 20.5 Å². The topological polar surface area (TPSA) is 81.9 Å². The molecule has 124 valence electrons. The Labute approximate surface area is 143 Å². The van der Waals surface area contributed by atoms with Crippen molar-refractivity contribution < 1.29 is 9.53 Å². The molecule has 0 saturated heterocycles. The summed E-state index contributed by atoms with van der Waals surface area (Å²) < 4.78 is 6.97. The van der Waals surface area contributed by atoms with E-state index in [1.54, 1.807) is 18.8 Å². The fourth-order valence-electron chi connectivity index (χ4n) is 2.16. The number of rotatable bonds is 6. The third-order valence-electron chi connectivity index (χ3n) is 3.51. The van der Waals surface area contributed by atoms with E-state index >= 15 is 0 Å². The Hall–Kier alpha value is -2.74. The Morgan fingerprint density at radius 3 is 2.79 bits per heavy atom. The van der Waals surface area contributed by atoms with Crippen molar-refractivity contribution in [2.45, 2.75) is 6.42 Å². The molecule has 8 heteroatoms. The van der Waals surface area contributed by atoms with Crippen LogP contribution in [-0.2, 0) is 13.5 Å². The molecule has 0 fully saturated rings. The number of hydrogen-bond donors (Lipinski definition) is 1. The highest BCUT2D eigenvalue weighted by Gasteiger charge is 2.12. The number of thiazole rings is 1. The van der Waals surface area contributed by atoms with Gasteiger partial charge in [0.25, 0.3) is 5.91 Å². The summed E-state index contributed by atoms with van der Waals surface area (Å²) in [4.78, 5) is 16.6. The second-order valence-electron chi connectivity index (χ2n) is 5.13. The smallest absolute Gasteiger partial charge is 0.270 e.